The number of aromatic nitrogens is 6. The summed E-state index contributed by atoms with van der Waals surface area (Å²) < 4.78 is 4.89. The standard InChI is InChI=1S/C27H26N8O2/c1-4-34-25(27(37)30-22-15-28-33(3)18(22)2)23(16-29-34)31-26(36)21-17-35(20-13-9-6-10-14-20)32-24(21)19-11-7-5-8-12-19/h5-17H,4H2,1-3H3,(H,30,37)(H,31,36). The molecule has 5 aromatic rings. The van der Waals surface area contributed by atoms with Gasteiger partial charge in [-0.15, -0.1) is 0 Å². The molecule has 5 rings (SSSR count). The van der Waals surface area contributed by atoms with Crippen LogP contribution in [0.3, 0.4) is 0 Å². The largest absolute Gasteiger partial charge is 0.318 e. The van der Waals surface area contributed by atoms with Crippen LogP contribution in [-0.2, 0) is 13.6 Å². The maximum Gasteiger partial charge on any atom is 0.276 e. The first-order valence-corrected chi connectivity index (χ1v) is 11.8. The van der Waals surface area contributed by atoms with Gasteiger partial charge in [-0.1, -0.05) is 48.5 Å². The summed E-state index contributed by atoms with van der Waals surface area (Å²) in [6, 6.07) is 19.1. The van der Waals surface area contributed by atoms with Crippen molar-refractivity contribution in [1.82, 2.24) is 29.3 Å². The zero-order chi connectivity index (χ0) is 25.9. The van der Waals surface area contributed by atoms with E-state index in [2.05, 4.69) is 20.8 Å². The molecular weight excluding hydrogens is 468 g/mol. The molecule has 0 aliphatic rings. The summed E-state index contributed by atoms with van der Waals surface area (Å²) in [6.07, 6.45) is 4.76. The van der Waals surface area contributed by atoms with Gasteiger partial charge in [-0.3, -0.25) is 19.0 Å². The van der Waals surface area contributed by atoms with E-state index in [4.69, 9.17) is 5.10 Å². The van der Waals surface area contributed by atoms with Gasteiger partial charge in [0, 0.05) is 25.4 Å². The Hall–Kier alpha value is -4.99. The van der Waals surface area contributed by atoms with Gasteiger partial charge in [0.1, 0.15) is 11.4 Å². The zero-order valence-corrected chi connectivity index (χ0v) is 20.7. The summed E-state index contributed by atoms with van der Waals surface area (Å²) >= 11 is 0. The van der Waals surface area contributed by atoms with Gasteiger partial charge in [0.15, 0.2) is 0 Å². The second-order valence-electron chi connectivity index (χ2n) is 8.44. The van der Waals surface area contributed by atoms with Gasteiger partial charge in [-0.2, -0.15) is 15.3 Å². The minimum Gasteiger partial charge on any atom is -0.318 e. The first-order valence-electron chi connectivity index (χ1n) is 11.8. The SMILES string of the molecule is CCn1ncc(NC(=O)c2cn(-c3ccccc3)nc2-c2ccccc2)c1C(=O)Nc1cnn(C)c1C. The van der Waals surface area contributed by atoms with Gasteiger partial charge in [0.05, 0.1) is 40.7 Å². The van der Waals surface area contributed by atoms with Crippen molar-refractivity contribution in [3.63, 3.8) is 0 Å². The van der Waals surface area contributed by atoms with Crippen molar-refractivity contribution in [2.24, 2.45) is 7.05 Å². The van der Waals surface area contributed by atoms with Crippen LogP contribution in [0.4, 0.5) is 11.4 Å². The lowest BCUT2D eigenvalue weighted by Gasteiger charge is -2.10. The molecule has 2 N–H and O–H groups in total. The van der Waals surface area contributed by atoms with Crippen LogP contribution in [0, 0.1) is 6.92 Å². The van der Waals surface area contributed by atoms with Crippen molar-refractivity contribution in [3.8, 4) is 16.9 Å². The Balaban J connectivity index is 1.49. The van der Waals surface area contributed by atoms with Crippen molar-refractivity contribution in [2.45, 2.75) is 20.4 Å². The molecule has 0 aliphatic carbocycles. The van der Waals surface area contributed by atoms with Gasteiger partial charge < -0.3 is 10.6 Å². The van der Waals surface area contributed by atoms with Gasteiger partial charge >= 0.3 is 0 Å². The molecule has 2 amide bonds. The molecule has 2 aromatic carbocycles. The molecule has 0 saturated carbocycles. The number of para-hydroxylation sites is 1. The second-order valence-corrected chi connectivity index (χ2v) is 8.44. The number of benzene rings is 2. The lowest BCUT2D eigenvalue weighted by atomic mass is 10.1. The molecule has 0 radical (unpaired) electrons. The number of anilines is 2. The number of nitrogens with zero attached hydrogens (tertiary/aromatic N) is 6. The van der Waals surface area contributed by atoms with E-state index in [9.17, 15) is 9.59 Å². The first kappa shape index (κ1) is 23.7. The molecule has 0 unspecified atom stereocenters. The monoisotopic (exact) mass is 494 g/mol. The zero-order valence-electron chi connectivity index (χ0n) is 20.7. The number of hydrogen-bond acceptors (Lipinski definition) is 5. The van der Waals surface area contributed by atoms with Gasteiger partial charge in [-0.05, 0) is 26.0 Å². The Bertz CT molecular complexity index is 1560. The Morgan fingerprint density at radius 1 is 0.865 bits per heavy atom. The Morgan fingerprint density at radius 2 is 1.51 bits per heavy atom. The highest BCUT2D eigenvalue weighted by Crippen LogP contribution is 2.26. The molecule has 0 spiro atoms. The van der Waals surface area contributed by atoms with E-state index in [0.717, 1.165) is 16.9 Å². The molecule has 0 fully saturated rings. The summed E-state index contributed by atoms with van der Waals surface area (Å²) in [4.78, 5) is 26.9. The highest BCUT2D eigenvalue weighted by Gasteiger charge is 2.24. The fourth-order valence-electron chi connectivity index (χ4n) is 4.01. The summed E-state index contributed by atoms with van der Waals surface area (Å²) in [6.45, 7) is 4.19. The van der Waals surface area contributed by atoms with Crippen LogP contribution in [0.2, 0.25) is 0 Å². The number of hydrogen-bond donors (Lipinski definition) is 2. The number of nitrogens with one attached hydrogen (secondary N) is 2. The van der Waals surface area contributed by atoms with E-state index in [1.165, 1.54) is 6.20 Å². The molecular formula is C27H26N8O2. The van der Waals surface area contributed by atoms with Crippen LogP contribution >= 0.6 is 0 Å². The maximum atomic E-state index is 13.6. The number of aryl methyl sites for hydroxylation is 2. The molecule has 0 saturated heterocycles. The predicted octanol–water partition coefficient (Wildman–Crippen LogP) is 4.30. The fourth-order valence-corrected chi connectivity index (χ4v) is 4.01. The Kier molecular flexibility index (Phi) is 6.38. The fraction of sp³-hybridized carbons (Fsp3) is 0.148. The van der Waals surface area contributed by atoms with E-state index >= 15 is 0 Å². The summed E-state index contributed by atoms with van der Waals surface area (Å²) in [7, 11) is 1.80. The van der Waals surface area contributed by atoms with Gasteiger partial charge in [0.25, 0.3) is 11.8 Å². The highest BCUT2D eigenvalue weighted by atomic mass is 16.2. The molecule has 0 bridgehead atoms. The molecule has 37 heavy (non-hydrogen) atoms. The quantitative estimate of drug-likeness (QED) is 0.350. The minimum absolute atomic E-state index is 0.246. The molecule has 3 aromatic heterocycles. The van der Waals surface area contributed by atoms with Crippen LogP contribution in [-0.4, -0.2) is 41.2 Å². The van der Waals surface area contributed by atoms with Crippen LogP contribution in [0.25, 0.3) is 16.9 Å². The van der Waals surface area contributed by atoms with Crippen molar-refractivity contribution < 1.29 is 9.59 Å². The lowest BCUT2D eigenvalue weighted by Crippen LogP contribution is -2.21. The summed E-state index contributed by atoms with van der Waals surface area (Å²) in [5.74, 6) is -0.794. The van der Waals surface area contributed by atoms with E-state index < -0.39 is 11.8 Å². The molecule has 10 nitrogen and oxygen atoms in total. The molecule has 0 atom stereocenters. The third kappa shape index (κ3) is 4.64. The van der Waals surface area contributed by atoms with Crippen molar-refractivity contribution in [1.29, 1.82) is 0 Å². The molecule has 186 valence electrons. The maximum absolute atomic E-state index is 13.6. The van der Waals surface area contributed by atoms with Crippen LogP contribution in [0.5, 0.6) is 0 Å². The van der Waals surface area contributed by atoms with Crippen molar-refractivity contribution in [2.75, 3.05) is 10.6 Å². The third-order valence-corrected chi connectivity index (χ3v) is 6.11. The lowest BCUT2D eigenvalue weighted by molar-refractivity contribution is 0.101. The number of carbonyl (C=O) groups is 2. The van der Waals surface area contributed by atoms with E-state index in [0.29, 0.717) is 29.2 Å². The number of rotatable bonds is 7. The molecule has 10 heteroatoms. The smallest absolute Gasteiger partial charge is 0.276 e. The number of amides is 2. The third-order valence-electron chi connectivity index (χ3n) is 6.11. The van der Waals surface area contributed by atoms with Gasteiger partial charge in [0.2, 0.25) is 0 Å². The van der Waals surface area contributed by atoms with Crippen LogP contribution in [0.15, 0.2) is 79.3 Å². The average molecular weight is 495 g/mol. The average Bonchev–Trinajstić information content (AvgIpc) is 3.63. The van der Waals surface area contributed by atoms with Crippen LogP contribution < -0.4 is 10.6 Å². The number of carbonyl (C=O) groups excluding carboxylic acids is 2. The van der Waals surface area contributed by atoms with E-state index in [1.54, 1.807) is 33.5 Å². The van der Waals surface area contributed by atoms with Crippen molar-refractivity contribution >= 4 is 23.2 Å². The molecule has 0 aliphatic heterocycles. The highest BCUT2D eigenvalue weighted by molar-refractivity contribution is 6.13. The predicted molar refractivity (Wildman–Crippen MR) is 141 cm³/mol. The Morgan fingerprint density at radius 3 is 2.16 bits per heavy atom. The summed E-state index contributed by atoms with van der Waals surface area (Å²) in [5, 5.41) is 18.9. The Labute approximate surface area is 213 Å². The van der Waals surface area contributed by atoms with Gasteiger partial charge in [-0.25, -0.2) is 4.68 Å². The first-order chi connectivity index (χ1) is 18.0. The van der Waals surface area contributed by atoms with Crippen molar-refractivity contribution in [3.05, 3.63) is 96.2 Å². The van der Waals surface area contributed by atoms with E-state index in [1.807, 2.05) is 74.5 Å². The van der Waals surface area contributed by atoms with E-state index in [-0.39, 0.29) is 5.69 Å². The summed E-state index contributed by atoms with van der Waals surface area (Å²) in [5.41, 5.74) is 4.47. The second kappa shape index (κ2) is 9.94. The topological polar surface area (TPSA) is 112 Å². The molecule has 3 heterocycles. The van der Waals surface area contributed by atoms with Crippen LogP contribution in [0.1, 0.15) is 33.5 Å². The normalized spacial score (nSPS) is 10.9. The minimum atomic E-state index is -0.400.